The number of hydrogen-bond acceptors (Lipinski definition) is 7. The lowest BCUT2D eigenvalue weighted by atomic mass is 10.00. The first-order valence-electron chi connectivity index (χ1n) is 10.1. The minimum Gasteiger partial charge on any atom is -0.425 e. The van der Waals surface area contributed by atoms with Crippen LogP contribution in [0.5, 0.6) is 0 Å². The average molecular weight is 460 g/mol. The molecule has 1 aromatic heterocycles. The highest BCUT2D eigenvalue weighted by molar-refractivity contribution is 7.89. The van der Waals surface area contributed by atoms with E-state index >= 15 is 0 Å². The van der Waals surface area contributed by atoms with Crippen molar-refractivity contribution >= 4 is 15.7 Å². The van der Waals surface area contributed by atoms with Gasteiger partial charge >= 0.3 is 0 Å². The van der Waals surface area contributed by atoms with E-state index in [1.54, 1.807) is 19.1 Å². The van der Waals surface area contributed by atoms with E-state index in [0.29, 0.717) is 43.2 Å². The van der Waals surface area contributed by atoms with Crippen molar-refractivity contribution in [2.75, 3.05) is 13.1 Å². The van der Waals surface area contributed by atoms with E-state index in [1.165, 1.54) is 28.6 Å². The molecule has 0 saturated carbocycles. The van der Waals surface area contributed by atoms with Crippen LogP contribution in [0, 0.1) is 22.9 Å². The molecule has 1 fully saturated rings. The molecule has 1 atom stereocenters. The number of nitro benzene ring substituents is 1. The van der Waals surface area contributed by atoms with Crippen LogP contribution in [0.3, 0.4) is 0 Å². The highest BCUT2D eigenvalue weighted by Gasteiger charge is 2.34. The number of aromatic nitrogens is 2. The SMILES string of the molecule is Cc1ccc([N+](=O)[O-])cc1S(=O)(=O)N1CCCC(c2nnc(Cc3ccc(F)cc3)o2)C1. The van der Waals surface area contributed by atoms with Crippen LogP contribution in [0.25, 0.3) is 0 Å². The van der Waals surface area contributed by atoms with Gasteiger partial charge in [-0.2, -0.15) is 4.31 Å². The summed E-state index contributed by atoms with van der Waals surface area (Å²) in [6.45, 7) is 2.05. The lowest BCUT2D eigenvalue weighted by Crippen LogP contribution is -2.39. The number of halogens is 1. The van der Waals surface area contributed by atoms with Crippen LogP contribution in [-0.4, -0.2) is 40.9 Å². The Labute approximate surface area is 184 Å². The Kier molecular flexibility index (Phi) is 6.02. The summed E-state index contributed by atoms with van der Waals surface area (Å²) in [5, 5.41) is 19.2. The second-order valence-corrected chi connectivity index (χ2v) is 9.65. The molecule has 32 heavy (non-hydrogen) atoms. The molecule has 9 nitrogen and oxygen atoms in total. The fraction of sp³-hybridized carbons (Fsp3) is 0.333. The van der Waals surface area contributed by atoms with Crippen molar-refractivity contribution in [3.05, 3.63) is 81.3 Å². The predicted octanol–water partition coefficient (Wildman–Crippen LogP) is 3.58. The molecule has 0 aliphatic carbocycles. The fourth-order valence-electron chi connectivity index (χ4n) is 3.76. The van der Waals surface area contributed by atoms with Crippen molar-refractivity contribution in [2.24, 2.45) is 0 Å². The van der Waals surface area contributed by atoms with Gasteiger partial charge in [-0.3, -0.25) is 10.1 Å². The summed E-state index contributed by atoms with van der Waals surface area (Å²) < 4.78 is 46.6. The average Bonchev–Trinajstić information content (AvgIpc) is 3.24. The largest absolute Gasteiger partial charge is 0.425 e. The zero-order valence-electron chi connectivity index (χ0n) is 17.3. The third-order valence-corrected chi connectivity index (χ3v) is 7.49. The molecule has 1 aliphatic rings. The number of non-ortho nitro benzene ring substituents is 1. The van der Waals surface area contributed by atoms with Crippen molar-refractivity contribution in [3.8, 4) is 0 Å². The number of aryl methyl sites for hydroxylation is 1. The fourth-order valence-corrected chi connectivity index (χ4v) is 5.53. The molecule has 0 N–H and O–H groups in total. The molecule has 0 radical (unpaired) electrons. The summed E-state index contributed by atoms with van der Waals surface area (Å²) in [5.74, 6) is 0.0911. The van der Waals surface area contributed by atoms with Crippen molar-refractivity contribution in [1.82, 2.24) is 14.5 Å². The van der Waals surface area contributed by atoms with Gasteiger partial charge in [0.05, 0.1) is 22.2 Å². The third-order valence-electron chi connectivity index (χ3n) is 5.48. The molecular formula is C21H21FN4O5S. The van der Waals surface area contributed by atoms with Crippen LogP contribution in [0.1, 0.15) is 41.7 Å². The topological polar surface area (TPSA) is 119 Å². The summed E-state index contributed by atoms with van der Waals surface area (Å²) in [6.07, 6.45) is 1.61. The Morgan fingerprint density at radius 1 is 1.22 bits per heavy atom. The quantitative estimate of drug-likeness (QED) is 0.407. The van der Waals surface area contributed by atoms with E-state index in [2.05, 4.69) is 10.2 Å². The number of rotatable bonds is 6. The zero-order chi connectivity index (χ0) is 22.9. The number of hydrogen-bond donors (Lipinski definition) is 0. The molecule has 2 aromatic carbocycles. The Morgan fingerprint density at radius 3 is 2.69 bits per heavy atom. The van der Waals surface area contributed by atoms with E-state index in [9.17, 15) is 22.9 Å². The summed E-state index contributed by atoms with van der Waals surface area (Å²) in [5.41, 5.74) is 0.984. The predicted molar refractivity (Wildman–Crippen MR) is 112 cm³/mol. The smallest absolute Gasteiger partial charge is 0.270 e. The molecule has 0 amide bonds. The first-order chi connectivity index (χ1) is 15.2. The minimum atomic E-state index is -3.93. The highest BCUT2D eigenvalue weighted by atomic mass is 32.2. The Morgan fingerprint density at radius 2 is 1.97 bits per heavy atom. The Balaban J connectivity index is 1.52. The number of nitrogens with zero attached hydrogens (tertiary/aromatic N) is 4. The Hall–Kier alpha value is -3.18. The maximum absolute atomic E-state index is 13.2. The highest BCUT2D eigenvalue weighted by Crippen LogP contribution is 2.32. The minimum absolute atomic E-state index is 0.0742. The van der Waals surface area contributed by atoms with Gasteiger partial charge in [0.25, 0.3) is 5.69 Å². The van der Waals surface area contributed by atoms with E-state index < -0.39 is 14.9 Å². The molecule has 168 valence electrons. The molecule has 1 unspecified atom stereocenters. The van der Waals surface area contributed by atoms with Crippen LogP contribution >= 0.6 is 0 Å². The second-order valence-electron chi connectivity index (χ2n) is 7.75. The summed E-state index contributed by atoms with van der Waals surface area (Å²) in [4.78, 5) is 10.4. The summed E-state index contributed by atoms with van der Waals surface area (Å²) in [6, 6.07) is 9.80. The van der Waals surface area contributed by atoms with Gasteiger partial charge in [-0.15, -0.1) is 10.2 Å². The van der Waals surface area contributed by atoms with Gasteiger partial charge in [0, 0.05) is 25.2 Å². The molecular weight excluding hydrogens is 439 g/mol. The molecule has 4 rings (SSSR count). The summed E-state index contributed by atoms with van der Waals surface area (Å²) >= 11 is 0. The van der Waals surface area contributed by atoms with Crippen LogP contribution in [0.2, 0.25) is 0 Å². The van der Waals surface area contributed by atoms with Crippen molar-refractivity contribution < 1.29 is 22.1 Å². The maximum atomic E-state index is 13.2. The number of sulfonamides is 1. The van der Waals surface area contributed by atoms with E-state index in [-0.39, 0.29) is 28.9 Å². The number of benzene rings is 2. The molecule has 11 heteroatoms. The van der Waals surface area contributed by atoms with Gasteiger partial charge in [0.15, 0.2) is 0 Å². The van der Waals surface area contributed by atoms with Gasteiger partial charge < -0.3 is 4.42 Å². The van der Waals surface area contributed by atoms with Crippen molar-refractivity contribution in [3.63, 3.8) is 0 Å². The van der Waals surface area contributed by atoms with Crippen molar-refractivity contribution in [1.29, 1.82) is 0 Å². The van der Waals surface area contributed by atoms with Crippen LogP contribution in [0.15, 0.2) is 51.8 Å². The van der Waals surface area contributed by atoms with Crippen LogP contribution < -0.4 is 0 Å². The first kappa shape index (κ1) is 22.0. The van der Waals surface area contributed by atoms with Gasteiger partial charge in [0.2, 0.25) is 21.8 Å². The number of nitro groups is 1. The van der Waals surface area contributed by atoms with Crippen LogP contribution in [0.4, 0.5) is 10.1 Å². The van der Waals surface area contributed by atoms with E-state index in [0.717, 1.165) is 11.6 Å². The standard InChI is InChI=1S/C21H21FN4O5S/c1-14-4-9-18(26(27)28)12-19(14)32(29,30)25-10-2-3-16(13-25)21-24-23-20(31-21)11-15-5-7-17(22)8-6-15/h4-9,12,16H,2-3,10-11,13H2,1H3. The van der Waals surface area contributed by atoms with Gasteiger partial charge in [0.1, 0.15) is 5.82 Å². The molecule has 0 spiro atoms. The van der Waals surface area contributed by atoms with E-state index in [4.69, 9.17) is 4.42 Å². The molecule has 3 aromatic rings. The van der Waals surface area contributed by atoms with E-state index in [1.807, 2.05) is 0 Å². The zero-order valence-corrected chi connectivity index (χ0v) is 18.1. The maximum Gasteiger partial charge on any atom is 0.270 e. The molecule has 1 aliphatic heterocycles. The molecule has 0 bridgehead atoms. The normalized spacial score (nSPS) is 17.4. The third kappa shape index (κ3) is 4.53. The lowest BCUT2D eigenvalue weighted by Gasteiger charge is -2.30. The first-order valence-corrected chi connectivity index (χ1v) is 11.5. The monoisotopic (exact) mass is 460 g/mol. The molecule has 1 saturated heterocycles. The second kappa shape index (κ2) is 8.75. The van der Waals surface area contributed by atoms with Gasteiger partial charge in [-0.05, 0) is 43.0 Å². The van der Waals surface area contributed by atoms with Crippen LogP contribution in [-0.2, 0) is 16.4 Å². The van der Waals surface area contributed by atoms with Crippen molar-refractivity contribution in [2.45, 2.75) is 37.0 Å². The molecule has 2 heterocycles. The lowest BCUT2D eigenvalue weighted by molar-refractivity contribution is -0.385. The number of piperidine rings is 1. The Bertz CT molecular complexity index is 1240. The van der Waals surface area contributed by atoms with Gasteiger partial charge in [-0.25, -0.2) is 12.8 Å². The summed E-state index contributed by atoms with van der Waals surface area (Å²) in [7, 11) is -3.93. The van der Waals surface area contributed by atoms with Gasteiger partial charge in [-0.1, -0.05) is 18.2 Å².